The molecule has 0 aromatic heterocycles. The monoisotopic (exact) mass is 684 g/mol. The number of hydrogen-bond donors (Lipinski definition) is 16. The van der Waals surface area contributed by atoms with Gasteiger partial charge in [-0.05, 0) is 0 Å². The van der Waals surface area contributed by atoms with Gasteiger partial charge in [0.2, 0.25) is 5.79 Å². The van der Waals surface area contributed by atoms with Crippen molar-refractivity contribution in [3.63, 3.8) is 0 Å². The smallest absolute Gasteiger partial charge is 0.224 e. The highest BCUT2D eigenvalue weighted by Gasteiger charge is 2.58. The molecule has 0 aromatic carbocycles. The van der Waals surface area contributed by atoms with Gasteiger partial charge >= 0.3 is 0 Å². The summed E-state index contributed by atoms with van der Waals surface area (Å²) in [6.45, 7) is -3.69. The average Bonchev–Trinajstić information content (AvgIpc) is 3.30. The van der Waals surface area contributed by atoms with Gasteiger partial charge in [-0.15, -0.1) is 0 Å². The highest BCUT2D eigenvalue weighted by atomic mass is 16.8. The lowest BCUT2D eigenvalue weighted by Crippen LogP contribution is -2.62. The highest BCUT2D eigenvalue weighted by Crippen LogP contribution is 2.36. The normalized spacial score (nSPS) is 44.0. The molecule has 46 heavy (non-hydrogen) atoms. The zero-order chi connectivity index (χ0) is 35.1. The maximum Gasteiger partial charge on any atom is 0.224 e. The van der Waals surface area contributed by atoms with Gasteiger partial charge in [-0.25, -0.2) is 0 Å². The number of aliphatic hydroxyl groups excluding tert-OH is 16. The Morgan fingerprint density at radius 3 is 1.54 bits per heavy atom. The summed E-state index contributed by atoms with van der Waals surface area (Å²) in [6.07, 6.45) is -27.9. The molecule has 3 heterocycles. The van der Waals surface area contributed by atoms with Crippen LogP contribution in [0.4, 0.5) is 0 Å². The Bertz CT molecular complexity index is 898. The minimum absolute atomic E-state index is 0.0287. The molecule has 3 aliphatic rings. The van der Waals surface area contributed by atoms with Gasteiger partial charge in [-0.3, -0.25) is 0 Å². The molecule has 18 atom stereocenters. The molecule has 0 aliphatic carbocycles. The SMILES string of the molecule is O=C[C@H](O)[C@@H](O)[C@H](O)[C@H](O)CO[C@H]1O[C@H](CO)[C@@H](O)[C@H](O)[C@H]1O.OC[C@H]1O[C@@](CO)(O[C@H]2O[C@H](CO)[C@@H](O)[C@H](O)[C@H]2O)[C@@H](O)[C@@H]1O. The van der Waals surface area contributed by atoms with Crippen LogP contribution in [0.15, 0.2) is 0 Å². The van der Waals surface area contributed by atoms with Crippen LogP contribution in [0.3, 0.4) is 0 Å². The molecule has 22 heteroatoms. The lowest BCUT2D eigenvalue weighted by molar-refractivity contribution is -0.383. The van der Waals surface area contributed by atoms with Crippen molar-refractivity contribution in [2.75, 3.05) is 33.0 Å². The predicted molar refractivity (Wildman–Crippen MR) is 138 cm³/mol. The van der Waals surface area contributed by atoms with Crippen LogP contribution in [0.25, 0.3) is 0 Å². The van der Waals surface area contributed by atoms with Crippen LogP contribution in [-0.4, -0.2) is 231 Å². The molecule has 3 rings (SSSR count). The predicted octanol–water partition coefficient (Wildman–Crippen LogP) is -11.0. The third kappa shape index (κ3) is 9.08. The fourth-order valence-electron chi connectivity index (χ4n) is 4.64. The standard InChI is InChI=1S/2C12H22O11/c13-1-4-6(16)8(18)9(19)11(21-4)23-12(3-15)10(20)7(17)5(2-14)22-12;13-1-4(15)7(17)8(18)5(16)3-22-12-11(21)10(20)9(19)6(2-14)23-12/h4-11,13-20H,1-3H2;1,4-12,14-21H,2-3H2/t4-,5-,6-,7-,8+,9-,10+,11-,12+;4-,5+,6+,7+,8+,9+,10-,11+,12-/m10/s1. The molecule has 0 aromatic rings. The van der Waals surface area contributed by atoms with E-state index in [2.05, 4.69) is 0 Å². The van der Waals surface area contributed by atoms with E-state index in [1.807, 2.05) is 0 Å². The molecule has 0 spiro atoms. The van der Waals surface area contributed by atoms with Gasteiger partial charge in [0.05, 0.1) is 26.4 Å². The Hall–Kier alpha value is -1.17. The number of rotatable bonds is 13. The lowest BCUT2D eigenvalue weighted by Gasteiger charge is -2.43. The zero-order valence-electron chi connectivity index (χ0n) is 24.0. The van der Waals surface area contributed by atoms with Crippen LogP contribution >= 0.6 is 0 Å². The fourth-order valence-corrected chi connectivity index (χ4v) is 4.64. The molecule has 0 radical (unpaired) electrons. The summed E-state index contributed by atoms with van der Waals surface area (Å²) in [7, 11) is 0. The zero-order valence-corrected chi connectivity index (χ0v) is 24.0. The average molecular weight is 685 g/mol. The van der Waals surface area contributed by atoms with Crippen LogP contribution in [-0.2, 0) is 28.5 Å². The Kier molecular flexibility index (Phi) is 16.0. The maximum absolute atomic E-state index is 10.3. The quantitative estimate of drug-likeness (QED) is 0.0800. The van der Waals surface area contributed by atoms with Crippen LogP contribution in [0.5, 0.6) is 0 Å². The Labute approximate surface area is 260 Å². The number of carbonyl (C=O) groups excluding carboxylic acids is 1. The van der Waals surface area contributed by atoms with E-state index in [1.165, 1.54) is 0 Å². The van der Waals surface area contributed by atoms with Gasteiger partial charge in [0, 0.05) is 0 Å². The second-order valence-electron chi connectivity index (χ2n) is 10.8. The van der Waals surface area contributed by atoms with Crippen molar-refractivity contribution in [1.82, 2.24) is 0 Å². The van der Waals surface area contributed by atoms with Gasteiger partial charge in [0.25, 0.3) is 0 Å². The van der Waals surface area contributed by atoms with Gasteiger partial charge in [-0.2, -0.15) is 0 Å². The number of ether oxygens (including phenoxy) is 5. The summed E-state index contributed by atoms with van der Waals surface area (Å²) in [5.74, 6) is -2.22. The molecule has 0 unspecified atom stereocenters. The molecule has 3 fully saturated rings. The summed E-state index contributed by atoms with van der Waals surface area (Å²) < 4.78 is 25.4. The Morgan fingerprint density at radius 1 is 0.630 bits per heavy atom. The third-order valence-corrected chi connectivity index (χ3v) is 7.58. The van der Waals surface area contributed by atoms with Crippen LogP contribution in [0.1, 0.15) is 0 Å². The van der Waals surface area contributed by atoms with Crippen LogP contribution < -0.4 is 0 Å². The van der Waals surface area contributed by atoms with Gasteiger partial charge < -0.3 is 110 Å². The molecular weight excluding hydrogens is 640 g/mol. The second kappa shape index (κ2) is 18.0. The summed E-state index contributed by atoms with van der Waals surface area (Å²) in [5.41, 5.74) is 0. The first-order chi connectivity index (χ1) is 21.5. The van der Waals surface area contributed by atoms with Crippen molar-refractivity contribution < 1.29 is 110 Å². The topological polar surface area (TPSA) is 387 Å². The second-order valence-corrected chi connectivity index (χ2v) is 10.8. The summed E-state index contributed by atoms with van der Waals surface area (Å²) in [4.78, 5) is 10.3. The van der Waals surface area contributed by atoms with E-state index < -0.39 is 143 Å². The van der Waals surface area contributed by atoms with Gasteiger partial charge in [-0.1, -0.05) is 0 Å². The Morgan fingerprint density at radius 2 is 1.11 bits per heavy atom. The molecule has 3 saturated heterocycles. The third-order valence-electron chi connectivity index (χ3n) is 7.58. The lowest BCUT2D eigenvalue weighted by atomic mass is 9.99. The molecule has 0 saturated carbocycles. The molecule has 0 bridgehead atoms. The van der Waals surface area contributed by atoms with Crippen molar-refractivity contribution in [2.45, 2.75) is 110 Å². The molecule has 16 N–H and O–H groups in total. The van der Waals surface area contributed by atoms with Crippen molar-refractivity contribution in [3.8, 4) is 0 Å². The summed E-state index contributed by atoms with van der Waals surface area (Å²) in [6, 6.07) is 0. The van der Waals surface area contributed by atoms with Crippen molar-refractivity contribution in [3.05, 3.63) is 0 Å². The van der Waals surface area contributed by atoms with E-state index in [1.54, 1.807) is 0 Å². The van der Waals surface area contributed by atoms with E-state index in [0.717, 1.165) is 0 Å². The minimum Gasteiger partial charge on any atom is -0.394 e. The fraction of sp³-hybridized carbons (Fsp3) is 0.958. The molecule has 3 aliphatic heterocycles. The van der Waals surface area contributed by atoms with Crippen LogP contribution in [0, 0.1) is 0 Å². The first-order valence-corrected chi connectivity index (χ1v) is 13.9. The van der Waals surface area contributed by atoms with E-state index in [4.69, 9.17) is 44.1 Å². The van der Waals surface area contributed by atoms with E-state index in [0.29, 0.717) is 0 Å². The molecule has 272 valence electrons. The van der Waals surface area contributed by atoms with Gasteiger partial charge in [0.15, 0.2) is 18.9 Å². The van der Waals surface area contributed by atoms with E-state index in [9.17, 15) is 66.1 Å². The number of aldehydes is 1. The van der Waals surface area contributed by atoms with E-state index >= 15 is 0 Å². The number of aliphatic hydroxyl groups is 16. The maximum atomic E-state index is 10.3. The van der Waals surface area contributed by atoms with Crippen molar-refractivity contribution >= 4 is 6.29 Å². The Balaban J connectivity index is 0.000000320. The summed E-state index contributed by atoms with van der Waals surface area (Å²) in [5, 5.41) is 152. The first kappa shape index (κ1) is 41.0. The number of hydrogen-bond acceptors (Lipinski definition) is 22. The molecule has 0 amide bonds. The highest BCUT2D eigenvalue weighted by molar-refractivity contribution is 5.56. The van der Waals surface area contributed by atoms with Crippen molar-refractivity contribution in [1.29, 1.82) is 0 Å². The number of carbonyl (C=O) groups is 1. The first-order valence-electron chi connectivity index (χ1n) is 13.9. The van der Waals surface area contributed by atoms with E-state index in [-0.39, 0.29) is 6.29 Å². The van der Waals surface area contributed by atoms with Crippen molar-refractivity contribution in [2.24, 2.45) is 0 Å². The van der Waals surface area contributed by atoms with Gasteiger partial charge in [0.1, 0.15) is 98.2 Å². The largest absolute Gasteiger partial charge is 0.394 e. The van der Waals surface area contributed by atoms with Crippen LogP contribution in [0.2, 0.25) is 0 Å². The molecule has 22 nitrogen and oxygen atoms in total. The minimum atomic E-state index is -2.22. The summed E-state index contributed by atoms with van der Waals surface area (Å²) >= 11 is 0. The molecular formula is C24H44O22.